The maximum Gasteiger partial charge on any atom is 0.251 e. The van der Waals surface area contributed by atoms with Gasteiger partial charge in [0.25, 0.3) is 5.91 Å². The smallest absolute Gasteiger partial charge is 0.251 e. The number of aryl methyl sites for hydroxylation is 2. The normalized spacial score (nSPS) is 10.8. The molecule has 112 valence electrons. The van der Waals surface area contributed by atoms with E-state index in [9.17, 15) is 4.79 Å². The largest absolute Gasteiger partial charge is 0.352 e. The lowest BCUT2D eigenvalue weighted by molar-refractivity contribution is 0.0954. The van der Waals surface area contributed by atoms with E-state index in [1.54, 1.807) is 0 Å². The number of aromatic nitrogens is 2. The molecule has 2 aromatic heterocycles. The molecule has 1 N–H and O–H groups in total. The van der Waals surface area contributed by atoms with Gasteiger partial charge in [0, 0.05) is 30.9 Å². The van der Waals surface area contributed by atoms with Crippen molar-refractivity contribution in [3.63, 3.8) is 0 Å². The number of amides is 1. The van der Waals surface area contributed by atoms with E-state index in [0.29, 0.717) is 12.1 Å². The number of hydrogen-bond donors (Lipinski definition) is 1. The van der Waals surface area contributed by atoms with Gasteiger partial charge in [0.1, 0.15) is 5.65 Å². The van der Waals surface area contributed by atoms with Crippen molar-refractivity contribution in [2.75, 3.05) is 6.54 Å². The van der Waals surface area contributed by atoms with Crippen molar-refractivity contribution in [3.05, 3.63) is 71.2 Å². The highest BCUT2D eigenvalue weighted by molar-refractivity contribution is 5.94. The van der Waals surface area contributed by atoms with E-state index < -0.39 is 0 Å². The molecule has 0 radical (unpaired) electrons. The first kappa shape index (κ1) is 14.3. The second kappa shape index (κ2) is 6.02. The van der Waals surface area contributed by atoms with Crippen LogP contribution in [0.25, 0.3) is 5.65 Å². The van der Waals surface area contributed by atoms with E-state index >= 15 is 0 Å². The summed E-state index contributed by atoms with van der Waals surface area (Å²) in [6.07, 6.45) is 4.73. The van der Waals surface area contributed by atoms with Gasteiger partial charge in [-0.3, -0.25) is 4.79 Å². The van der Waals surface area contributed by atoms with Gasteiger partial charge in [-0.2, -0.15) is 0 Å². The molecule has 4 nitrogen and oxygen atoms in total. The van der Waals surface area contributed by atoms with Gasteiger partial charge in [-0.15, -0.1) is 0 Å². The Bertz CT molecular complexity index is 803. The second-order valence-electron chi connectivity index (χ2n) is 5.53. The average molecular weight is 293 g/mol. The van der Waals surface area contributed by atoms with E-state index in [0.717, 1.165) is 28.9 Å². The minimum Gasteiger partial charge on any atom is -0.352 e. The van der Waals surface area contributed by atoms with Gasteiger partial charge in [0.2, 0.25) is 0 Å². The zero-order chi connectivity index (χ0) is 15.5. The Labute approximate surface area is 129 Å². The molecule has 3 aromatic rings. The summed E-state index contributed by atoms with van der Waals surface area (Å²) < 4.78 is 2.02. The Morgan fingerprint density at radius 3 is 2.68 bits per heavy atom. The van der Waals surface area contributed by atoms with Gasteiger partial charge in [-0.1, -0.05) is 23.8 Å². The number of benzene rings is 1. The average Bonchev–Trinajstić information content (AvgIpc) is 2.92. The van der Waals surface area contributed by atoms with Crippen LogP contribution in [0, 0.1) is 13.8 Å². The number of hydrogen-bond acceptors (Lipinski definition) is 2. The van der Waals surface area contributed by atoms with Crippen LogP contribution in [-0.2, 0) is 6.42 Å². The minimum absolute atomic E-state index is 0.0417. The molecule has 0 bridgehead atoms. The van der Waals surface area contributed by atoms with Gasteiger partial charge < -0.3 is 9.72 Å². The molecular formula is C18H19N3O. The lowest BCUT2D eigenvalue weighted by Crippen LogP contribution is -2.25. The molecule has 2 heterocycles. The van der Waals surface area contributed by atoms with Crippen LogP contribution in [0.5, 0.6) is 0 Å². The number of pyridine rings is 1. The van der Waals surface area contributed by atoms with Crippen molar-refractivity contribution < 1.29 is 4.79 Å². The fourth-order valence-electron chi connectivity index (χ4n) is 2.44. The van der Waals surface area contributed by atoms with Gasteiger partial charge in [-0.05, 0) is 37.6 Å². The van der Waals surface area contributed by atoms with Crippen LogP contribution < -0.4 is 5.32 Å². The molecule has 0 aliphatic carbocycles. The maximum absolute atomic E-state index is 12.0. The van der Waals surface area contributed by atoms with E-state index in [1.165, 1.54) is 0 Å². The number of fused-ring (bicyclic) bond motifs is 1. The molecule has 0 spiro atoms. The molecule has 0 saturated carbocycles. The second-order valence-corrected chi connectivity index (χ2v) is 5.53. The summed E-state index contributed by atoms with van der Waals surface area (Å²) in [6, 6.07) is 11.6. The van der Waals surface area contributed by atoms with Crippen LogP contribution in [0.15, 0.2) is 48.8 Å². The van der Waals surface area contributed by atoms with Crippen molar-refractivity contribution in [2.24, 2.45) is 0 Å². The van der Waals surface area contributed by atoms with Crippen LogP contribution in [0.3, 0.4) is 0 Å². The van der Waals surface area contributed by atoms with Gasteiger partial charge in [0.05, 0.1) is 5.69 Å². The van der Waals surface area contributed by atoms with Crippen LogP contribution in [-0.4, -0.2) is 21.8 Å². The molecule has 0 unspecified atom stereocenters. The third-order valence-electron chi connectivity index (χ3n) is 3.71. The maximum atomic E-state index is 12.0. The standard InChI is InChI=1S/C18H19N3O/c1-13-5-7-15(8-6-13)18(22)19-10-9-16-12-21-11-3-4-14(2)17(21)20-16/h3-8,11-12H,9-10H2,1-2H3,(H,19,22). The Hall–Kier alpha value is -2.62. The molecular weight excluding hydrogens is 274 g/mol. The zero-order valence-corrected chi connectivity index (χ0v) is 12.8. The third-order valence-corrected chi connectivity index (χ3v) is 3.71. The fraction of sp³-hybridized carbons (Fsp3) is 0.222. The predicted molar refractivity (Wildman–Crippen MR) is 87.1 cm³/mol. The molecule has 0 fully saturated rings. The molecule has 0 aliphatic heterocycles. The minimum atomic E-state index is -0.0417. The molecule has 22 heavy (non-hydrogen) atoms. The highest BCUT2D eigenvalue weighted by atomic mass is 16.1. The van der Waals surface area contributed by atoms with E-state index in [1.807, 2.05) is 67.0 Å². The summed E-state index contributed by atoms with van der Waals surface area (Å²) in [6.45, 7) is 4.63. The van der Waals surface area contributed by atoms with Crippen LogP contribution in [0.2, 0.25) is 0 Å². The van der Waals surface area contributed by atoms with Crippen molar-refractivity contribution >= 4 is 11.6 Å². The SMILES string of the molecule is Cc1ccc(C(=O)NCCc2cn3cccc(C)c3n2)cc1. The first-order chi connectivity index (χ1) is 10.6. The highest BCUT2D eigenvalue weighted by Crippen LogP contribution is 2.10. The Morgan fingerprint density at radius 2 is 1.95 bits per heavy atom. The van der Waals surface area contributed by atoms with Crippen LogP contribution in [0.1, 0.15) is 27.2 Å². The summed E-state index contributed by atoms with van der Waals surface area (Å²) >= 11 is 0. The number of imidazole rings is 1. The first-order valence-corrected chi connectivity index (χ1v) is 7.41. The van der Waals surface area contributed by atoms with Gasteiger partial charge >= 0.3 is 0 Å². The topological polar surface area (TPSA) is 46.4 Å². The van der Waals surface area contributed by atoms with Crippen LogP contribution in [0.4, 0.5) is 0 Å². The third kappa shape index (κ3) is 3.01. The molecule has 0 aliphatic rings. The van der Waals surface area contributed by atoms with Crippen LogP contribution >= 0.6 is 0 Å². The first-order valence-electron chi connectivity index (χ1n) is 7.41. The molecule has 0 saturated heterocycles. The Morgan fingerprint density at radius 1 is 1.18 bits per heavy atom. The van der Waals surface area contributed by atoms with Crippen molar-refractivity contribution in [1.29, 1.82) is 0 Å². The molecule has 4 heteroatoms. The Balaban J connectivity index is 1.61. The number of carbonyl (C=O) groups excluding carboxylic acids is 1. The summed E-state index contributed by atoms with van der Waals surface area (Å²) in [4.78, 5) is 16.6. The lowest BCUT2D eigenvalue weighted by atomic mass is 10.1. The number of carbonyl (C=O) groups is 1. The lowest BCUT2D eigenvalue weighted by Gasteiger charge is -2.04. The van der Waals surface area contributed by atoms with E-state index in [4.69, 9.17) is 0 Å². The Kier molecular flexibility index (Phi) is 3.92. The molecule has 0 atom stereocenters. The van der Waals surface area contributed by atoms with E-state index in [-0.39, 0.29) is 5.91 Å². The monoisotopic (exact) mass is 293 g/mol. The predicted octanol–water partition coefficient (Wildman–Crippen LogP) is 2.92. The molecule has 3 rings (SSSR count). The highest BCUT2D eigenvalue weighted by Gasteiger charge is 2.06. The van der Waals surface area contributed by atoms with E-state index in [2.05, 4.69) is 10.3 Å². The summed E-state index contributed by atoms with van der Waals surface area (Å²) in [5, 5.41) is 2.94. The quantitative estimate of drug-likeness (QED) is 0.804. The fourth-order valence-corrected chi connectivity index (χ4v) is 2.44. The number of rotatable bonds is 4. The summed E-state index contributed by atoms with van der Waals surface area (Å²) in [5.74, 6) is -0.0417. The van der Waals surface area contributed by atoms with Crippen molar-refractivity contribution in [2.45, 2.75) is 20.3 Å². The zero-order valence-electron chi connectivity index (χ0n) is 12.8. The van der Waals surface area contributed by atoms with Crippen molar-refractivity contribution in [1.82, 2.24) is 14.7 Å². The summed E-state index contributed by atoms with van der Waals surface area (Å²) in [5.41, 5.74) is 4.95. The molecule has 1 aromatic carbocycles. The van der Waals surface area contributed by atoms with Crippen molar-refractivity contribution in [3.8, 4) is 0 Å². The van der Waals surface area contributed by atoms with Gasteiger partial charge in [0.15, 0.2) is 0 Å². The number of nitrogens with zero attached hydrogens (tertiary/aromatic N) is 2. The number of nitrogens with one attached hydrogen (secondary N) is 1. The summed E-state index contributed by atoms with van der Waals surface area (Å²) in [7, 11) is 0. The van der Waals surface area contributed by atoms with Gasteiger partial charge in [-0.25, -0.2) is 4.98 Å². The molecule has 1 amide bonds.